The SMILES string of the molecule is CSCC(N)C(=O)NN. The van der Waals surface area contributed by atoms with Crippen molar-refractivity contribution in [3.05, 3.63) is 0 Å². The molecular weight excluding hydrogens is 138 g/mol. The van der Waals surface area contributed by atoms with E-state index in [-0.39, 0.29) is 5.91 Å². The molecule has 4 nitrogen and oxygen atoms in total. The van der Waals surface area contributed by atoms with Gasteiger partial charge in [-0.15, -0.1) is 0 Å². The standard InChI is InChI=1S/C4H11N3OS/c1-9-2-3(5)4(8)7-6/h3H,2,5-6H2,1H3,(H,7,8). The van der Waals surface area contributed by atoms with Gasteiger partial charge in [0, 0.05) is 5.75 Å². The predicted molar refractivity (Wildman–Crippen MR) is 38.7 cm³/mol. The molecule has 0 bridgehead atoms. The Hall–Kier alpha value is -0.260. The number of thioether (sulfide) groups is 1. The van der Waals surface area contributed by atoms with Crippen LogP contribution in [0.2, 0.25) is 0 Å². The smallest absolute Gasteiger partial charge is 0.251 e. The highest BCUT2D eigenvalue weighted by Crippen LogP contribution is 1.93. The molecule has 0 spiro atoms. The van der Waals surface area contributed by atoms with Crippen LogP contribution in [-0.4, -0.2) is 24.0 Å². The Morgan fingerprint density at radius 1 is 1.89 bits per heavy atom. The molecule has 0 fully saturated rings. The molecule has 0 saturated heterocycles. The van der Waals surface area contributed by atoms with Crippen LogP contribution >= 0.6 is 11.8 Å². The number of carbonyl (C=O) groups is 1. The number of nitrogens with one attached hydrogen (secondary N) is 1. The number of amides is 1. The first-order valence-electron chi connectivity index (χ1n) is 2.47. The van der Waals surface area contributed by atoms with Crippen molar-refractivity contribution in [2.45, 2.75) is 6.04 Å². The van der Waals surface area contributed by atoms with Crippen molar-refractivity contribution in [2.75, 3.05) is 12.0 Å². The zero-order chi connectivity index (χ0) is 7.28. The molecule has 1 unspecified atom stereocenters. The minimum atomic E-state index is -0.481. The monoisotopic (exact) mass is 149 g/mol. The van der Waals surface area contributed by atoms with Gasteiger partial charge in [0.05, 0.1) is 6.04 Å². The summed E-state index contributed by atoms with van der Waals surface area (Å²) in [5.74, 6) is 5.10. The molecular formula is C4H11N3OS. The molecule has 0 aromatic heterocycles. The Morgan fingerprint density at radius 2 is 2.44 bits per heavy atom. The van der Waals surface area contributed by atoms with Crippen molar-refractivity contribution < 1.29 is 4.79 Å². The van der Waals surface area contributed by atoms with Gasteiger partial charge in [-0.1, -0.05) is 0 Å². The van der Waals surface area contributed by atoms with Crippen LogP contribution in [0.1, 0.15) is 0 Å². The van der Waals surface area contributed by atoms with E-state index >= 15 is 0 Å². The number of hydrogen-bond acceptors (Lipinski definition) is 4. The summed E-state index contributed by atoms with van der Waals surface area (Å²) in [7, 11) is 0. The summed E-state index contributed by atoms with van der Waals surface area (Å²) in [6.45, 7) is 0. The first kappa shape index (κ1) is 8.74. The van der Waals surface area contributed by atoms with E-state index in [0.29, 0.717) is 5.75 Å². The van der Waals surface area contributed by atoms with Gasteiger partial charge in [0.15, 0.2) is 0 Å². The van der Waals surface area contributed by atoms with Crippen molar-refractivity contribution in [1.29, 1.82) is 0 Å². The van der Waals surface area contributed by atoms with Crippen LogP contribution in [0, 0.1) is 0 Å². The fourth-order valence-corrected chi connectivity index (χ4v) is 0.873. The Balaban J connectivity index is 3.45. The number of hydrogen-bond donors (Lipinski definition) is 3. The third kappa shape index (κ3) is 3.34. The maximum atomic E-state index is 10.5. The maximum Gasteiger partial charge on any atom is 0.251 e. The molecule has 0 aliphatic rings. The Morgan fingerprint density at radius 3 is 2.78 bits per heavy atom. The molecule has 54 valence electrons. The molecule has 0 aromatic rings. The Kier molecular flexibility index (Phi) is 4.47. The van der Waals surface area contributed by atoms with Crippen LogP contribution in [-0.2, 0) is 4.79 Å². The van der Waals surface area contributed by atoms with E-state index in [0.717, 1.165) is 0 Å². The van der Waals surface area contributed by atoms with Crippen LogP contribution in [0.25, 0.3) is 0 Å². The molecule has 5 N–H and O–H groups in total. The zero-order valence-corrected chi connectivity index (χ0v) is 6.07. The maximum absolute atomic E-state index is 10.5. The van der Waals surface area contributed by atoms with Gasteiger partial charge in [-0.2, -0.15) is 11.8 Å². The lowest BCUT2D eigenvalue weighted by molar-refractivity contribution is -0.121. The Labute approximate surface area is 58.3 Å². The second-order valence-electron chi connectivity index (χ2n) is 1.57. The minimum Gasteiger partial charge on any atom is -0.319 e. The number of hydrazine groups is 1. The average molecular weight is 149 g/mol. The summed E-state index contributed by atoms with van der Waals surface area (Å²) >= 11 is 1.51. The number of carbonyl (C=O) groups excluding carboxylic acids is 1. The zero-order valence-electron chi connectivity index (χ0n) is 5.26. The van der Waals surface area contributed by atoms with Gasteiger partial charge >= 0.3 is 0 Å². The van der Waals surface area contributed by atoms with Crippen LogP contribution in [0.15, 0.2) is 0 Å². The van der Waals surface area contributed by atoms with Crippen molar-refractivity contribution in [1.82, 2.24) is 5.43 Å². The first-order chi connectivity index (χ1) is 4.22. The normalized spacial score (nSPS) is 12.8. The van der Waals surface area contributed by atoms with Crippen molar-refractivity contribution in [3.63, 3.8) is 0 Å². The van der Waals surface area contributed by atoms with E-state index in [9.17, 15) is 4.79 Å². The third-order valence-electron chi connectivity index (χ3n) is 0.825. The quantitative estimate of drug-likeness (QED) is 0.264. The van der Waals surface area contributed by atoms with Crippen molar-refractivity contribution in [3.8, 4) is 0 Å². The summed E-state index contributed by atoms with van der Waals surface area (Å²) in [4.78, 5) is 10.5. The molecule has 0 aliphatic carbocycles. The van der Waals surface area contributed by atoms with Crippen LogP contribution in [0.3, 0.4) is 0 Å². The van der Waals surface area contributed by atoms with E-state index in [4.69, 9.17) is 11.6 Å². The average Bonchev–Trinajstić information content (AvgIpc) is 1.87. The molecule has 1 atom stereocenters. The van der Waals surface area contributed by atoms with Gasteiger partial charge in [-0.3, -0.25) is 10.2 Å². The second-order valence-corrected chi connectivity index (χ2v) is 2.48. The van der Waals surface area contributed by atoms with E-state index in [2.05, 4.69) is 0 Å². The largest absolute Gasteiger partial charge is 0.319 e. The predicted octanol–water partition coefficient (Wildman–Crippen LogP) is -1.33. The highest BCUT2D eigenvalue weighted by molar-refractivity contribution is 7.98. The molecule has 0 aromatic carbocycles. The summed E-state index contributed by atoms with van der Waals surface area (Å²) in [6.07, 6.45) is 1.88. The lowest BCUT2D eigenvalue weighted by Crippen LogP contribution is -2.45. The van der Waals surface area contributed by atoms with Gasteiger partial charge in [-0.25, -0.2) is 5.84 Å². The first-order valence-corrected chi connectivity index (χ1v) is 3.86. The number of nitrogens with two attached hydrogens (primary N) is 2. The molecule has 0 rings (SSSR count). The van der Waals surface area contributed by atoms with E-state index in [1.165, 1.54) is 11.8 Å². The van der Waals surface area contributed by atoms with Crippen molar-refractivity contribution in [2.24, 2.45) is 11.6 Å². The fraction of sp³-hybridized carbons (Fsp3) is 0.750. The molecule has 0 aliphatic heterocycles. The van der Waals surface area contributed by atoms with Gasteiger partial charge in [0.25, 0.3) is 5.91 Å². The summed E-state index contributed by atoms with van der Waals surface area (Å²) in [5.41, 5.74) is 7.30. The van der Waals surface area contributed by atoms with Gasteiger partial charge in [0.2, 0.25) is 0 Å². The topological polar surface area (TPSA) is 81.1 Å². The van der Waals surface area contributed by atoms with Gasteiger partial charge < -0.3 is 5.73 Å². The number of rotatable bonds is 3. The van der Waals surface area contributed by atoms with Crippen LogP contribution in [0.4, 0.5) is 0 Å². The lowest BCUT2D eigenvalue weighted by atomic mass is 10.3. The van der Waals surface area contributed by atoms with E-state index in [1.54, 1.807) is 0 Å². The Bertz CT molecular complexity index is 97.8. The molecule has 0 heterocycles. The van der Waals surface area contributed by atoms with Gasteiger partial charge in [0.1, 0.15) is 0 Å². The van der Waals surface area contributed by atoms with Crippen molar-refractivity contribution >= 4 is 17.7 Å². The fourth-order valence-electron chi connectivity index (χ4n) is 0.362. The molecule has 1 amide bonds. The van der Waals surface area contributed by atoms with Gasteiger partial charge in [-0.05, 0) is 6.26 Å². The lowest BCUT2D eigenvalue weighted by Gasteiger charge is -2.05. The summed E-state index contributed by atoms with van der Waals surface area (Å²) in [5, 5.41) is 0. The van der Waals surface area contributed by atoms with E-state index < -0.39 is 6.04 Å². The van der Waals surface area contributed by atoms with Crippen LogP contribution in [0.5, 0.6) is 0 Å². The molecule has 5 heteroatoms. The summed E-state index contributed by atoms with van der Waals surface area (Å²) < 4.78 is 0. The third-order valence-corrected chi connectivity index (χ3v) is 1.52. The summed E-state index contributed by atoms with van der Waals surface area (Å²) in [6, 6.07) is -0.481. The highest BCUT2D eigenvalue weighted by atomic mass is 32.2. The second kappa shape index (κ2) is 4.60. The highest BCUT2D eigenvalue weighted by Gasteiger charge is 2.09. The minimum absolute atomic E-state index is 0.315. The molecule has 0 radical (unpaired) electrons. The molecule has 0 saturated carbocycles. The van der Waals surface area contributed by atoms with E-state index in [1.807, 2.05) is 11.7 Å². The van der Waals surface area contributed by atoms with Crippen LogP contribution < -0.4 is 17.0 Å². The molecule has 9 heavy (non-hydrogen) atoms.